The van der Waals surface area contributed by atoms with Crippen LogP contribution >= 0.6 is 19.4 Å². The first-order valence-electron chi connectivity index (χ1n) is 23.5. The highest BCUT2D eigenvalue weighted by molar-refractivity contribution is 8.00. The summed E-state index contributed by atoms with van der Waals surface area (Å²) >= 11 is 1.85. The number of nitrogens with one attached hydrogen (secondary N) is 8. The number of carbonyl (C=O) groups excluding carboxylic acids is 7. The van der Waals surface area contributed by atoms with Crippen LogP contribution in [0.5, 0.6) is 11.5 Å². The summed E-state index contributed by atoms with van der Waals surface area (Å²) in [5.41, 5.74) is 11.7. The van der Waals surface area contributed by atoms with Crippen molar-refractivity contribution in [3.63, 3.8) is 0 Å². The molecule has 3 aromatic carbocycles. The van der Waals surface area contributed by atoms with Crippen molar-refractivity contribution in [1.82, 2.24) is 37.2 Å². The van der Waals surface area contributed by atoms with Gasteiger partial charge in [0.15, 0.2) is 5.78 Å². The van der Waals surface area contributed by atoms with Gasteiger partial charge in [-0.3, -0.25) is 34.2 Å². The number of unbranched alkanes of at least 4 members (excludes halogenated alkanes) is 3. The third-order valence-electron chi connectivity index (χ3n) is 11.9. The van der Waals surface area contributed by atoms with Crippen LogP contribution in [-0.2, 0) is 33.3 Å². The Balaban J connectivity index is 1.12. The van der Waals surface area contributed by atoms with E-state index in [-0.39, 0.29) is 65.2 Å². The number of urea groups is 1. The Morgan fingerprint density at radius 1 is 0.771 bits per heavy atom. The Morgan fingerprint density at radius 3 is 2.01 bits per heavy atom. The molecule has 70 heavy (non-hydrogen) atoms. The Morgan fingerprint density at radius 2 is 1.40 bits per heavy atom. The van der Waals surface area contributed by atoms with E-state index in [1.54, 1.807) is 67.6 Å². The smallest absolute Gasteiger partial charge is 0.414 e. The summed E-state index contributed by atoms with van der Waals surface area (Å²) in [7, 11) is -4.55. The fourth-order valence-corrected chi connectivity index (χ4v) is 11.3. The number of nitrogens with two attached hydrogens (primary N) is 2. The number of para-hydroxylation sites is 2. The zero-order chi connectivity index (χ0) is 50.6. The lowest BCUT2D eigenvalue weighted by molar-refractivity contribution is -0.133. The van der Waals surface area contributed by atoms with E-state index in [9.17, 15) is 33.6 Å². The molecular formula is C48H65N10O10PS. The molecule has 0 bridgehead atoms. The summed E-state index contributed by atoms with van der Waals surface area (Å²) in [6.45, 7) is 3.46. The SMILES string of the molecule is CC[C@H](C)[C@H](NC(=O)CCCCCNC(=O)CCCC[C@@H]1SC[C@@H]2NC(=O)N[C@@H]21)C(=O)NCC(=O)N[C@@H](CC(N)=O)C(=O)NC(c1ccc(C(=N)N)cc1)P(=O)(Oc1ccccc1)Oc1ccccc1. The van der Waals surface area contributed by atoms with Crippen molar-refractivity contribution >= 4 is 66.7 Å². The number of hydrogen-bond donors (Lipinski definition) is 10. The van der Waals surface area contributed by atoms with Crippen molar-refractivity contribution in [1.29, 1.82) is 5.41 Å². The second-order valence-corrected chi connectivity index (χ2v) is 20.5. The van der Waals surface area contributed by atoms with Crippen LogP contribution in [0, 0.1) is 11.3 Å². The molecule has 1 unspecified atom stereocenters. The molecule has 0 saturated carbocycles. The maximum absolute atomic E-state index is 15.1. The van der Waals surface area contributed by atoms with Gasteiger partial charge in [0.05, 0.1) is 25.0 Å². The van der Waals surface area contributed by atoms with Crippen LogP contribution in [0.3, 0.4) is 0 Å². The molecule has 3 aromatic rings. The molecule has 0 aromatic heterocycles. The molecule has 2 saturated heterocycles. The molecule has 0 spiro atoms. The van der Waals surface area contributed by atoms with Crippen LogP contribution in [-0.4, -0.2) is 95.6 Å². The molecule has 2 aliphatic rings. The summed E-state index contributed by atoms with van der Waals surface area (Å²) in [5, 5.41) is 27.4. The molecule has 0 radical (unpaired) electrons. The minimum absolute atomic E-state index is 0.0263. The highest BCUT2D eigenvalue weighted by Gasteiger charge is 2.44. The Bertz CT molecular complexity index is 2290. The van der Waals surface area contributed by atoms with Gasteiger partial charge in [-0.2, -0.15) is 11.8 Å². The minimum Gasteiger partial charge on any atom is -0.414 e. The number of benzene rings is 3. The van der Waals surface area contributed by atoms with Crippen molar-refractivity contribution < 1.29 is 47.2 Å². The van der Waals surface area contributed by atoms with Crippen molar-refractivity contribution in [2.75, 3.05) is 18.8 Å². The molecule has 2 heterocycles. The van der Waals surface area contributed by atoms with Gasteiger partial charge in [0.2, 0.25) is 35.4 Å². The van der Waals surface area contributed by atoms with Crippen LogP contribution in [0.15, 0.2) is 84.9 Å². The predicted molar refractivity (Wildman–Crippen MR) is 266 cm³/mol. The Labute approximate surface area is 412 Å². The van der Waals surface area contributed by atoms with Gasteiger partial charge in [0.1, 0.15) is 29.4 Å². The number of fused-ring (bicyclic) bond motifs is 1. The molecule has 0 aliphatic carbocycles. The van der Waals surface area contributed by atoms with Crippen LogP contribution in [0.25, 0.3) is 0 Å². The lowest BCUT2D eigenvalue weighted by Crippen LogP contribution is -2.54. The van der Waals surface area contributed by atoms with Crippen molar-refractivity contribution in [3.05, 3.63) is 96.1 Å². The number of carbonyl (C=O) groups is 7. The van der Waals surface area contributed by atoms with E-state index in [4.69, 9.17) is 25.9 Å². The van der Waals surface area contributed by atoms with Gasteiger partial charge in [-0.05, 0) is 61.4 Å². The largest absolute Gasteiger partial charge is 0.457 e. The van der Waals surface area contributed by atoms with Gasteiger partial charge in [-0.15, -0.1) is 0 Å². The molecule has 7 atom stereocenters. The van der Waals surface area contributed by atoms with Crippen LogP contribution < -0.4 is 57.7 Å². The average Bonchev–Trinajstić information content (AvgIpc) is 3.90. The first kappa shape index (κ1) is 54.3. The van der Waals surface area contributed by atoms with E-state index in [2.05, 4.69) is 37.2 Å². The van der Waals surface area contributed by atoms with Crippen LogP contribution in [0.2, 0.25) is 0 Å². The quantitative estimate of drug-likeness (QED) is 0.0156. The number of rotatable bonds is 29. The molecular weight excluding hydrogens is 940 g/mol. The normalized spacial score (nSPS) is 17.7. The number of hydrogen-bond acceptors (Lipinski definition) is 12. The maximum Gasteiger partial charge on any atom is 0.457 e. The fraction of sp³-hybridized carbons (Fsp3) is 0.458. The molecule has 2 aliphatic heterocycles. The second-order valence-electron chi connectivity index (χ2n) is 17.3. The number of thioether (sulfide) groups is 1. The number of amides is 8. The molecule has 22 heteroatoms. The first-order valence-corrected chi connectivity index (χ1v) is 26.1. The van der Waals surface area contributed by atoms with Gasteiger partial charge in [-0.25, -0.2) is 9.36 Å². The summed E-state index contributed by atoms with van der Waals surface area (Å²) < 4.78 is 27.2. The van der Waals surface area contributed by atoms with E-state index >= 15 is 4.57 Å². The summed E-state index contributed by atoms with van der Waals surface area (Å²) in [4.78, 5) is 90.2. The molecule has 2 fully saturated rings. The lowest BCUT2D eigenvalue weighted by Gasteiger charge is -2.30. The zero-order valence-electron chi connectivity index (χ0n) is 39.4. The molecule has 20 nitrogen and oxygen atoms in total. The highest BCUT2D eigenvalue weighted by Crippen LogP contribution is 2.59. The maximum atomic E-state index is 15.1. The number of amidine groups is 1. The number of primary amides is 1. The van der Waals surface area contributed by atoms with E-state index in [1.807, 2.05) is 18.7 Å². The summed E-state index contributed by atoms with van der Waals surface area (Å²) in [6, 6.07) is 19.7. The van der Waals surface area contributed by atoms with E-state index in [0.717, 1.165) is 25.0 Å². The van der Waals surface area contributed by atoms with Gasteiger partial charge in [0, 0.05) is 36.0 Å². The second kappa shape index (κ2) is 27.0. The summed E-state index contributed by atoms with van der Waals surface area (Å²) in [5.74, 6) is -4.82. The standard InChI is InChI=1S/C48H65N10O10PS/c1-3-30(2)42(56-40(61)21-11-6-14-26-52-39(60)20-13-12-19-37-43-36(29-70-37)55-48(65)57-43)46(64)53-28-41(62)54-35(27-38(49)59)45(63)58-47(32-24-22-31(23-25-32)44(50)51)69(66,67-33-15-7-4-8-16-33)68-34-17-9-5-10-18-34/h4-5,7-10,15-18,22-25,30,35-37,42-43,47H,3,6,11-14,19-21,26-29H2,1-2H3,(H2,49,59)(H3,50,51)(H,52,60)(H,53,64)(H,54,62)(H,56,61)(H,58,63)(H2,55,57,65)/t30-,35-,36-,37-,42-,43-,47?/m0/s1. The monoisotopic (exact) mass is 1000 g/mol. The number of nitrogen functional groups attached to an aromatic ring is 1. The Kier molecular flexibility index (Phi) is 20.9. The fourth-order valence-electron chi connectivity index (χ4n) is 7.86. The molecule has 8 amide bonds. The van der Waals surface area contributed by atoms with E-state index in [0.29, 0.717) is 49.5 Å². The van der Waals surface area contributed by atoms with E-state index < -0.39 is 62.1 Å². The third-order valence-corrected chi connectivity index (χ3v) is 15.4. The lowest BCUT2D eigenvalue weighted by atomic mass is 9.98. The topological polar surface area (TPSA) is 315 Å². The van der Waals surface area contributed by atoms with Gasteiger partial charge >= 0.3 is 13.6 Å². The third kappa shape index (κ3) is 16.8. The van der Waals surface area contributed by atoms with Crippen LogP contribution in [0.1, 0.15) is 95.0 Å². The zero-order valence-corrected chi connectivity index (χ0v) is 41.1. The molecule has 12 N–H and O–H groups in total. The molecule has 378 valence electrons. The summed E-state index contributed by atoms with van der Waals surface area (Å²) in [6.07, 6.45) is 4.84. The van der Waals surface area contributed by atoms with Crippen LogP contribution in [0.4, 0.5) is 4.79 Å². The molecule has 5 rings (SSSR count). The van der Waals surface area contributed by atoms with Crippen molar-refractivity contribution in [2.45, 2.75) is 113 Å². The van der Waals surface area contributed by atoms with E-state index in [1.165, 1.54) is 24.3 Å². The average molecular weight is 1010 g/mol. The Hall–Kier alpha value is -6.60. The highest BCUT2D eigenvalue weighted by atomic mass is 32.2. The first-order chi connectivity index (χ1) is 33.5. The van der Waals surface area contributed by atoms with Crippen molar-refractivity contribution in [3.8, 4) is 11.5 Å². The van der Waals surface area contributed by atoms with Gasteiger partial charge < -0.3 is 57.7 Å². The minimum atomic E-state index is -4.55. The van der Waals surface area contributed by atoms with Gasteiger partial charge in [0.25, 0.3) is 0 Å². The van der Waals surface area contributed by atoms with Crippen molar-refractivity contribution in [2.24, 2.45) is 17.4 Å². The van der Waals surface area contributed by atoms with Gasteiger partial charge in [-0.1, -0.05) is 93.8 Å². The predicted octanol–water partition coefficient (Wildman–Crippen LogP) is 3.85.